The minimum absolute atomic E-state index is 0.0526. The number of nitrogens with zero attached hydrogens (tertiary/aromatic N) is 1. The SMILES string of the molecule is CCCNC(=O)[C@H](C)N(Cc1ccccc1F)C(=O)Cc1ccc(C)c(C)c1. The van der Waals surface area contributed by atoms with Gasteiger partial charge in [-0.25, -0.2) is 4.39 Å². The van der Waals surface area contributed by atoms with E-state index in [-0.39, 0.29) is 30.6 Å². The van der Waals surface area contributed by atoms with E-state index in [1.54, 1.807) is 25.1 Å². The van der Waals surface area contributed by atoms with Gasteiger partial charge in [0.1, 0.15) is 11.9 Å². The van der Waals surface area contributed by atoms with Gasteiger partial charge < -0.3 is 10.2 Å². The molecule has 1 atom stereocenters. The third kappa shape index (κ3) is 5.65. The van der Waals surface area contributed by atoms with Crippen molar-refractivity contribution in [3.8, 4) is 0 Å². The molecular weight excluding hydrogens is 355 g/mol. The number of benzene rings is 2. The molecule has 0 aromatic heterocycles. The van der Waals surface area contributed by atoms with Crippen molar-refractivity contribution >= 4 is 11.8 Å². The fraction of sp³-hybridized carbons (Fsp3) is 0.391. The standard InChI is InChI=1S/C23H29FN2O2/c1-5-12-25-23(28)18(4)26(15-20-8-6-7-9-21(20)24)22(27)14-19-11-10-16(2)17(3)13-19/h6-11,13,18H,5,12,14-15H2,1-4H3,(H,25,28)/t18-/m0/s1. The topological polar surface area (TPSA) is 49.4 Å². The minimum atomic E-state index is -0.690. The Kier molecular flexibility index (Phi) is 7.73. The third-order valence-corrected chi connectivity index (χ3v) is 4.94. The quantitative estimate of drug-likeness (QED) is 0.750. The van der Waals surface area contributed by atoms with E-state index >= 15 is 0 Å². The van der Waals surface area contributed by atoms with Crippen molar-refractivity contribution in [1.82, 2.24) is 10.2 Å². The zero-order valence-electron chi connectivity index (χ0n) is 17.1. The van der Waals surface area contributed by atoms with Crippen LogP contribution in [0.1, 0.15) is 42.5 Å². The highest BCUT2D eigenvalue weighted by Crippen LogP contribution is 2.16. The summed E-state index contributed by atoms with van der Waals surface area (Å²) in [5, 5.41) is 2.82. The molecule has 0 aliphatic heterocycles. The molecule has 2 aromatic carbocycles. The summed E-state index contributed by atoms with van der Waals surface area (Å²) < 4.78 is 14.2. The first-order valence-corrected chi connectivity index (χ1v) is 9.70. The van der Waals surface area contributed by atoms with Crippen LogP contribution in [0.2, 0.25) is 0 Å². The summed E-state index contributed by atoms with van der Waals surface area (Å²) in [6, 6.07) is 11.5. The molecule has 0 saturated heterocycles. The number of aryl methyl sites for hydroxylation is 2. The van der Waals surface area contributed by atoms with Crippen molar-refractivity contribution in [3.63, 3.8) is 0 Å². The Labute approximate surface area is 166 Å². The summed E-state index contributed by atoms with van der Waals surface area (Å²) in [6.45, 7) is 8.27. The van der Waals surface area contributed by atoms with Crippen LogP contribution < -0.4 is 5.32 Å². The zero-order valence-corrected chi connectivity index (χ0v) is 17.1. The molecule has 0 radical (unpaired) electrons. The van der Waals surface area contributed by atoms with Gasteiger partial charge in [-0.3, -0.25) is 9.59 Å². The number of carbonyl (C=O) groups is 2. The summed E-state index contributed by atoms with van der Waals surface area (Å²) >= 11 is 0. The Hall–Kier alpha value is -2.69. The number of hydrogen-bond acceptors (Lipinski definition) is 2. The fourth-order valence-electron chi connectivity index (χ4n) is 2.98. The van der Waals surface area contributed by atoms with Gasteiger partial charge in [-0.15, -0.1) is 0 Å². The molecule has 2 aromatic rings. The summed E-state index contributed by atoms with van der Waals surface area (Å²) in [6.07, 6.45) is 0.976. The van der Waals surface area contributed by atoms with Crippen LogP contribution in [0.15, 0.2) is 42.5 Å². The second-order valence-electron chi connectivity index (χ2n) is 7.18. The number of amides is 2. The summed E-state index contributed by atoms with van der Waals surface area (Å²) in [5.41, 5.74) is 3.55. The maximum atomic E-state index is 14.2. The Morgan fingerprint density at radius 3 is 2.46 bits per heavy atom. The predicted molar refractivity (Wildman–Crippen MR) is 109 cm³/mol. The van der Waals surface area contributed by atoms with Crippen LogP contribution in [-0.2, 0) is 22.6 Å². The molecule has 0 bridgehead atoms. The van der Waals surface area contributed by atoms with Gasteiger partial charge in [0, 0.05) is 18.7 Å². The van der Waals surface area contributed by atoms with Gasteiger partial charge in [0.15, 0.2) is 0 Å². The van der Waals surface area contributed by atoms with Gasteiger partial charge in [-0.1, -0.05) is 43.3 Å². The Morgan fingerprint density at radius 2 is 1.82 bits per heavy atom. The lowest BCUT2D eigenvalue weighted by Crippen LogP contribution is -2.48. The van der Waals surface area contributed by atoms with Crippen LogP contribution in [0.4, 0.5) is 4.39 Å². The predicted octanol–water partition coefficient (Wildman–Crippen LogP) is 3.93. The first-order chi connectivity index (χ1) is 13.3. The van der Waals surface area contributed by atoms with Crippen molar-refractivity contribution in [1.29, 1.82) is 0 Å². The molecule has 0 saturated carbocycles. The van der Waals surface area contributed by atoms with E-state index in [4.69, 9.17) is 0 Å². The van der Waals surface area contributed by atoms with Gasteiger partial charge in [0.2, 0.25) is 11.8 Å². The van der Waals surface area contributed by atoms with Crippen molar-refractivity contribution in [2.75, 3.05) is 6.54 Å². The molecule has 2 rings (SSSR count). The lowest BCUT2D eigenvalue weighted by atomic mass is 10.0. The van der Waals surface area contributed by atoms with E-state index in [1.807, 2.05) is 39.0 Å². The average molecular weight is 384 g/mol. The monoisotopic (exact) mass is 384 g/mol. The first-order valence-electron chi connectivity index (χ1n) is 9.70. The molecule has 0 fully saturated rings. The Bertz CT molecular complexity index is 835. The minimum Gasteiger partial charge on any atom is -0.354 e. The molecule has 0 aliphatic rings. The number of halogens is 1. The lowest BCUT2D eigenvalue weighted by molar-refractivity contribution is -0.140. The van der Waals surface area contributed by atoms with Crippen molar-refractivity contribution in [2.45, 2.75) is 53.1 Å². The van der Waals surface area contributed by atoms with Gasteiger partial charge in [0.05, 0.1) is 6.42 Å². The van der Waals surface area contributed by atoms with Gasteiger partial charge in [-0.2, -0.15) is 0 Å². The maximum absolute atomic E-state index is 14.2. The van der Waals surface area contributed by atoms with Crippen LogP contribution in [0.3, 0.4) is 0 Å². The highest BCUT2D eigenvalue weighted by molar-refractivity contribution is 5.88. The van der Waals surface area contributed by atoms with E-state index in [1.165, 1.54) is 11.0 Å². The summed E-state index contributed by atoms with van der Waals surface area (Å²) in [7, 11) is 0. The molecule has 0 aliphatic carbocycles. The first kappa shape index (κ1) is 21.6. The highest BCUT2D eigenvalue weighted by atomic mass is 19.1. The molecule has 28 heavy (non-hydrogen) atoms. The van der Waals surface area contributed by atoms with Gasteiger partial charge in [-0.05, 0) is 49.9 Å². The molecule has 1 N–H and O–H groups in total. The second-order valence-corrected chi connectivity index (χ2v) is 7.18. The van der Waals surface area contributed by atoms with Gasteiger partial charge >= 0.3 is 0 Å². The van der Waals surface area contributed by atoms with E-state index in [0.717, 1.165) is 23.1 Å². The van der Waals surface area contributed by atoms with Crippen LogP contribution in [0.5, 0.6) is 0 Å². The number of hydrogen-bond donors (Lipinski definition) is 1. The largest absolute Gasteiger partial charge is 0.354 e. The summed E-state index contributed by atoms with van der Waals surface area (Å²) in [4.78, 5) is 27.0. The van der Waals surface area contributed by atoms with E-state index in [2.05, 4.69) is 5.32 Å². The number of carbonyl (C=O) groups excluding carboxylic acids is 2. The molecule has 5 heteroatoms. The fourth-order valence-corrected chi connectivity index (χ4v) is 2.98. The van der Waals surface area contributed by atoms with Crippen LogP contribution >= 0.6 is 0 Å². The molecule has 0 heterocycles. The molecule has 4 nitrogen and oxygen atoms in total. The highest BCUT2D eigenvalue weighted by Gasteiger charge is 2.26. The van der Waals surface area contributed by atoms with Crippen LogP contribution in [0.25, 0.3) is 0 Å². The average Bonchev–Trinajstić information content (AvgIpc) is 2.67. The second kappa shape index (κ2) is 10.0. The number of nitrogens with one attached hydrogen (secondary N) is 1. The number of rotatable bonds is 8. The van der Waals surface area contributed by atoms with Crippen molar-refractivity contribution < 1.29 is 14.0 Å². The normalized spacial score (nSPS) is 11.8. The molecule has 150 valence electrons. The van der Waals surface area contributed by atoms with Gasteiger partial charge in [0.25, 0.3) is 0 Å². The summed E-state index contributed by atoms with van der Waals surface area (Å²) in [5.74, 6) is -0.815. The maximum Gasteiger partial charge on any atom is 0.242 e. The van der Waals surface area contributed by atoms with E-state index < -0.39 is 6.04 Å². The lowest BCUT2D eigenvalue weighted by Gasteiger charge is -2.29. The van der Waals surface area contributed by atoms with E-state index in [0.29, 0.717) is 12.1 Å². The smallest absolute Gasteiger partial charge is 0.242 e. The molecular formula is C23H29FN2O2. The molecule has 0 spiro atoms. The Balaban J connectivity index is 2.25. The van der Waals surface area contributed by atoms with Crippen LogP contribution in [0, 0.1) is 19.7 Å². The molecule has 0 unspecified atom stereocenters. The molecule has 2 amide bonds. The zero-order chi connectivity index (χ0) is 20.7. The van der Waals surface area contributed by atoms with Crippen molar-refractivity contribution in [2.24, 2.45) is 0 Å². The Morgan fingerprint density at radius 1 is 1.11 bits per heavy atom. The third-order valence-electron chi connectivity index (χ3n) is 4.94. The van der Waals surface area contributed by atoms with Crippen molar-refractivity contribution in [3.05, 3.63) is 70.5 Å². The van der Waals surface area contributed by atoms with Crippen LogP contribution in [-0.4, -0.2) is 29.3 Å². The van der Waals surface area contributed by atoms with E-state index in [9.17, 15) is 14.0 Å².